The lowest BCUT2D eigenvalue weighted by Crippen LogP contribution is -2.56. The van der Waals surface area contributed by atoms with E-state index in [4.69, 9.17) is 0 Å². The zero-order valence-electron chi connectivity index (χ0n) is 12.4. The summed E-state index contributed by atoms with van der Waals surface area (Å²) in [6, 6.07) is 0. The molecule has 0 saturated heterocycles. The second-order valence-corrected chi connectivity index (χ2v) is 7.80. The summed E-state index contributed by atoms with van der Waals surface area (Å²) in [5.74, 6) is 0.270. The number of carboxylic acids is 1. The van der Waals surface area contributed by atoms with Gasteiger partial charge in [-0.1, -0.05) is 0 Å². The fraction of sp³-hybridized carbons (Fsp3) is 0.688. The van der Waals surface area contributed by atoms with Crippen LogP contribution in [0.2, 0.25) is 0 Å². The molecular formula is C16H20N2O4. The molecular weight excluding hydrogens is 284 g/mol. The molecule has 118 valence electrons. The van der Waals surface area contributed by atoms with Crippen molar-refractivity contribution < 1.29 is 9.90 Å². The van der Waals surface area contributed by atoms with Crippen molar-refractivity contribution in [1.82, 2.24) is 9.97 Å². The van der Waals surface area contributed by atoms with E-state index in [9.17, 15) is 19.5 Å². The van der Waals surface area contributed by atoms with Crippen molar-refractivity contribution in [2.75, 3.05) is 0 Å². The number of nitrogens with one attached hydrogen (secondary N) is 2. The fourth-order valence-electron chi connectivity index (χ4n) is 6.10. The summed E-state index contributed by atoms with van der Waals surface area (Å²) in [4.78, 5) is 39.8. The first kappa shape index (κ1) is 13.8. The maximum atomic E-state index is 12.3. The normalized spacial score (nSPS) is 39.1. The summed E-state index contributed by atoms with van der Waals surface area (Å²) in [5, 5.41) is 9.30. The number of aliphatic carboxylic acids is 1. The molecule has 1 aromatic heterocycles. The average Bonchev–Trinajstić information content (AvgIpc) is 2.34. The van der Waals surface area contributed by atoms with Crippen molar-refractivity contribution in [3.8, 4) is 0 Å². The number of aromatic amines is 2. The zero-order valence-corrected chi connectivity index (χ0v) is 12.4. The molecule has 6 heteroatoms. The van der Waals surface area contributed by atoms with Crippen LogP contribution in [-0.2, 0) is 10.2 Å². The van der Waals surface area contributed by atoms with Gasteiger partial charge in [0.1, 0.15) is 0 Å². The highest BCUT2D eigenvalue weighted by atomic mass is 16.4. The summed E-state index contributed by atoms with van der Waals surface area (Å²) in [5.41, 5.74) is -0.568. The van der Waals surface area contributed by atoms with Crippen LogP contribution < -0.4 is 11.2 Å². The number of carbonyl (C=O) groups is 1. The third-order valence-electron chi connectivity index (χ3n) is 6.10. The van der Waals surface area contributed by atoms with Crippen LogP contribution in [0.5, 0.6) is 0 Å². The number of hydrogen-bond acceptors (Lipinski definition) is 3. The average molecular weight is 304 g/mol. The van der Waals surface area contributed by atoms with E-state index in [1.54, 1.807) is 6.20 Å². The van der Waals surface area contributed by atoms with Gasteiger partial charge in [-0.05, 0) is 55.8 Å². The van der Waals surface area contributed by atoms with Gasteiger partial charge >= 0.3 is 11.7 Å². The minimum Gasteiger partial charge on any atom is -0.481 e. The summed E-state index contributed by atoms with van der Waals surface area (Å²) in [6.45, 7) is 0. The molecule has 1 aromatic rings. The maximum absolute atomic E-state index is 12.3. The Kier molecular flexibility index (Phi) is 2.72. The smallest absolute Gasteiger partial charge is 0.325 e. The van der Waals surface area contributed by atoms with Crippen molar-refractivity contribution in [2.45, 2.75) is 50.4 Å². The van der Waals surface area contributed by atoms with Crippen LogP contribution in [0, 0.1) is 17.3 Å². The van der Waals surface area contributed by atoms with Crippen LogP contribution in [0.15, 0.2) is 15.8 Å². The Bertz CT molecular complexity index is 733. The first-order valence-corrected chi connectivity index (χ1v) is 7.94. The Morgan fingerprint density at radius 1 is 1.23 bits per heavy atom. The van der Waals surface area contributed by atoms with Gasteiger partial charge in [-0.2, -0.15) is 0 Å². The lowest BCUT2D eigenvalue weighted by Gasteiger charge is -2.61. The van der Waals surface area contributed by atoms with Crippen molar-refractivity contribution >= 4 is 5.97 Å². The van der Waals surface area contributed by atoms with Crippen molar-refractivity contribution in [2.24, 2.45) is 17.3 Å². The van der Waals surface area contributed by atoms with Crippen LogP contribution >= 0.6 is 0 Å². The number of rotatable bonds is 3. The van der Waals surface area contributed by atoms with E-state index in [-0.39, 0.29) is 22.8 Å². The molecule has 2 unspecified atom stereocenters. The van der Waals surface area contributed by atoms with Gasteiger partial charge in [-0.3, -0.25) is 14.6 Å². The lowest BCUT2D eigenvalue weighted by molar-refractivity contribution is -0.146. The summed E-state index contributed by atoms with van der Waals surface area (Å²) in [7, 11) is 0. The van der Waals surface area contributed by atoms with Gasteiger partial charge in [0, 0.05) is 17.2 Å². The van der Waals surface area contributed by atoms with Gasteiger partial charge in [-0.15, -0.1) is 0 Å². The van der Waals surface area contributed by atoms with Crippen molar-refractivity contribution in [3.05, 3.63) is 32.6 Å². The second kappa shape index (κ2) is 4.33. The Morgan fingerprint density at radius 3 is 2.50 bits per heavy atom. The van der Waals surface area contributed by atoms with Gasteiger partial charge in [0.05, 0.1) is 6.42 Å². The van der Waals surface area contributed by atoms with E-state index in [2.05, 4.69) is 9.97 Å². The molecule has 6 nitrogen and oxygen atoms in total. The van der Waals surface area contributed by atoms with E-state index in [1.807, 2.05) is 0 Å². The van der Waals surface area contributed by atoms with Crippen LogP contribution in [-0.4, -0.2) is 21.0 Å². The fourth-order valence-corrected chi connectivity index (χ4v) is 6.10. The molecule has 0 amide bonds. The molecule has 4 aliphatic carbocycles. The zero-order chi connectivity index (χ0) is 15.5. The molecule has 4 atom stereocenters. The first-order valence-electron chi connectivity index (χ1n) is 7.94. The van der Waals surface area contributed by atoms with Crippen LogP contribution in [0.1, 0.15) is 50.5 Å². The molecule has 4 bridgehead atoms. The van der Waals surface area contributed by atoms with Gasteiger partial charge in [0.25, 0.3) is 5.56 Å². The van der Waals surface area contributed by atoms with Crippen LogP contribution in [0.4, 0.5) is 0 Å². The second-order valence-electron chi connectivity index (χ2n) is 7.80. The highest BCUT2D eigenvalue weighted by Crippen LogP contribution is 2.66. The minimum atomic E-state index is -0.743. The van der Waals surface area contributed by atoms with E-state index in [0.717, 1.165) is 38.5 Å². The predicted octanol–water partition coefficient (Wildman–Crippen LogP) is 1.38. The Labute approximate surface area is 127 Å². The molecule has 3 N–H and O–H groups in total. The van der Waals surface area contributed by atoms with Gasteiger partial charge in [0.15, 0.2) is 0 Å². The predicted molar refractivity (Wildman–Crippen MR) is 78.7 cm³/mol. The molecule has 4 aliphatic rings. The third-order valence-corrected chi connectivity index (χ3v) is 6.10. The van der Waals surface area contributed by atoms with E-state index in [1.165, 1.54) is 0 Å². The highest BCUT2D eigenvalue weighted by Gasteiger charge is 2.59. The van der Waals surface area contributed by atoms with Crippen molar-refractivity contribution in [3.63, 3.8) is 0 Å². The topological polar surface area (TPSA) is 103 Å². The Balaban J connectivity index is 1.80. The molecule has 0 spiro atoms. The summed E-state index contributed by atoms with van der Waals surface area (Å²) < 4.78 is 0. The SMILES string of the molecule is O=C(O)CC12C[C@H]3C[C@@H](C1)CC(c1c[nH]c(=O)[nH]c1=O)(C3)C2. The Morgan fingerprint density at radius 2 is 1.91 bits per heavy atom. The largest absolute Gasteiger partial charge is 0.481 e. The summed E-state index contributed by atoms with van der Waals surface area (Å²) >= 11 is 0. The standard InChI is InChI=1S/C16H20N2O4/c19-12(20)6-15-2-9-1-10(3-15)5-16(4-9,8-15)11-7-17-14(22)18-13(11)21/h7,9-10H,1-6,8H2,(H,19,20)(H2,17,18,21,22)/t9-,10+,15?,16?. The Hall–Kier alpha value is -1.85. The highest BCUT2D eigenvalue weighted by molar-refractivity contribution is 5.68. The summed E-state index contributed by atoms with van der Waals surface area (Å²) in [6.07, 6.45) is 7.50. The van der Waals surface area contributed by atoms with E-state index in [0.29, 0.717) is 17.4 Å². The quantitative estimate of drug-likeness (QED) is 0.784. The number of H-pyrrole nitrogens is 2. The van der Waals surface area contributed by atoms with Crippen LogP contribution in [0.3, 0.4) is 0 Å². The molecule has 0 radical (unpaired) electrons. The molecule has 1 heterocycles. The molecule has 22 heavy (non-hydrogen) atoms. The first-order chi connectivity index (χ1) is 10.4. The van der Waals surface area contributed by atoms with Crippen LogP contribution in [0.25, 0.3) is 0 Å². The number of aromatic nitrogens is 2. The van der Waals surface area contributed by atoms with Gasteiger partial charge < -0.3 is 10.1 Å². The molecule has 4 saturated carbocycles. The van der Waals surface area contributed by atoms with Gasteiger partial charge in [-0.25, -0.2) is 4.79 Å². The maximum Gasteiger partial charge on any atom is 0.325 e. The molecule has 4 fully saturated rings. The lowest BCUT2D eigenvalue weighted by atomic mass is 9.42. The van der Waals surface area contributed by atoms with Crippen molar-refractivity contribution in [1.29, 1.82) is 0 Å². The monoisotopic (exact) mass is 304 g/mol. The van der Waals surface area contributed by atoms with E-state index >= 15 is 0 Å². The van der Waals surface area contributed by atoms with Gasteiger partial charge in [0.2, 0.25) is 0 Å². The number of carboxylic acid groups (broad SMARTS) is 1. The molecule has 5 rings (SSSR count). The van der Waals surface area contributed by atoms with E-state index < -0.39 is 11.7 Å². The minimum absolute atomic E-state index is 0.168. The number of hydrogen-bond donors (Lipinski definition) is 3. The third kappa shape index (κ3) is 1.96. The molecule has 0 aliphatic heterocycles. The molecule has 0 aromatic carbocycles.